The predicted octanol–water partition coefficient (Wildman–Crippen LogP) is 3.36. The third-order valence-electron chi connectivity index (χ3n) is 2.31. The Balaban J connectivity index is 2.37. The quantitative estimate of drug-likeness (QED) is 0.934. The highest BCUT2D eigenvalue weighted by Crippen LogP contribution is 2.32. The molecule has 0 fully saturated rings. The van der Waals surface area contributed by atoms with Crippen LogP contribution in [0.3, 0.4) is 0 Å². The molecule has 0 aromatic heterocycles. The fourth-order valence-corrected chi connectivity index (χ4v) is 2.14. The molecule has 0 unspecified atom stereocenters. The van der Waals surface area contributed by atoms with Crippen LogP contribution in [0.2, 0.25) is 0 Å². The summed E-state index contributed by atoms with van der Waals surface area (Å²) in [5.41, 5.74) is 0. The molecule has 0 radical (unpaired) electrons. The second-order valence-electron chi connectivity index (χ2n) is 3.76. The van der Waals surface area contributed by atoms with Crippen molar-refractivity contribution < 1.29 is 9.84 Å². The molecule has 2 nitrogen and oxygen atoms in total. The summed E-state index contributed by atoms with van der Waals surface area (Å²) >= 11 is 3.53. The van der Waals surface area contributed by atoms with Gasteiger partial charge in [-0.3, -0.25) is 0 Å². The third-order valence-corrected chi connectivity index (χ3v) is 3.13. The molecule has 0 bridgehead atoms. The van der Waals surface area contributed by atoms with Crippen molar-refractivity contribution in [2.24, 2.45) is 0 Å². The van der Waals surface area contributed by atoms with E-state index in [4.69, 9.17) is 4.74 Å². The zero-order valence-electron chi connectivity index (χ0n) is 8.98. The Morgan fingerprint density at radius 2 is 2.00 bits per heavy atom. The molecular formula is C13H13BrO2. The number of benzene rings is 2. The van der Waals surface area contributed by atoms with E-state index in [1.165, 1.54) is 5.39 Å². The maximum absolute atomic E-state index is 9.18. The summed E-state index contributed by atoms with van der Waals surface area (Å²) in [6, 6.07) is 12.0. The molecule has 2 aromatic rings. The van der Waals surface area contributed by atoms with E-state index in [0.29, 0.717) is 6.61 Å². The van der Waals surface area contributed by atoms with E-state index in [1.54, 1.807) is 6.92 Å². The van der Waals surface area contributed by atoms with Gasteiger partial charge in [-0.15, -0.1) is 0 Å². The van der Waals surface area contributed by atoms with E-state index in [1.807, 2.05) is 30.3 Å². The fraction of sp³-hybridized carbons (Fsp3) is 0.231. The van der Waals surface area contributed by atoms with Crippen molar-refractivity contribution in [1.29, 1.82) is 0 Å². The van der Waals surface area contributed by atoms with Crippen molar-refractivity contribution in [1.82, 2.24) is 0 Å². The van der Waals surface area contributed by atoms with E-state index in [-0.39, 0.29) is 0 Å². The smallest absolute Gasteiger partial charge is 0.134 e. The third kappa shape index (κ3) is 2.36. The van der Waals surface area contributed by atoms with Gasteiger partial charge in [-0.25, -0.2) is 0 Å². The molecule has 0 spiro atoms. The van der Waals surface area contributed by atoms with Crippen molar-refractivity contribution in [3.63, 3.8) is 0 Å². The molecular weight excluding hydrogens is 268 g/mol. The lowest BCUT2D eigenvalue weighted by molar-refractivity contribution is 0.122. The lowest BCUT2D eigenvalue weighted by Gasteiger charge is -2.11. The second kappa shape index (κ2) is 4.85. The molecule has 0 aliphatic heterocycles. The molecule has 0 amide bonds. The number of halogens is 1. The average molecular weight is 281 g/mol. The average Bonchev–Trinajstić information content (AvgIpc) is 2.28. The van der Waals surface area contributed by atoms with Crippen LogP contribution in [0.25, 0.3) is 10.8 Å². The summed E-state index contributed by atoms with van der Waals surface area (Å²) in [5, 5.41) is 11.5. The SMILES string of the molecule is C[C@H](O)COc1ccc2ccccc2c1Br. The molecule has 2 aromatic carbocycles. The lowest BCUT2D eigenvalue weighted by atomic mass is 10.1. The maximum atomic E-state index is 9.18. The molecule has 1 atom stereocenters. The highest BCUT2D eigenvalue weighted by molar-refractivity contribution is 9.10. The second-order valence-corrected chi connectivity index (χ2v) is 4.55. The summed E-state index contributed by atoms with van der Waals surface area (Å²) in [6.07, 6.45) is -0.460. The van der Waals surface area contributed by atoms with Gasteiger partial charge < -0.3 is 9.84 Å². The Hall–Kier alpha value is -1.06. The Labute approximate surface area is 103 Å². The summed E-state index contributed by atoms with van der Waals surface area (Å²) in [7, 11) is 0. The standard InChI is InChI=1S/C13H13BrO2/c1-9(15)8-16-12-7-6-10-4-2-3-5-11(10)13(12)14/h2-7,9,15H,8H2,1H3/t9-/m0/s1. The first kappa shape index (κ1) is 11.4. The summed E-state index contributed by atoms with van der Waals surface area (Å²) < 4.78 is 6.45. The number of hydrogen-bond acceptors (Lipinski definition) is 2. The van der Waals surface area contributed by atoms with Crippen LogP contribution < -0.4 is 4.74 Å². The van der Waals surface area contributed by atoms with Crippen LogP contribution in [0.15, 0.2) is 40.9 Å². The molecule has 0 aliphatic rings. The minimum atomic E-state index is -0.460. The first-order valence-electron chi connectivity index (χ1n) is 5.16. The topological polar surface area (TPSA) is 29.5 Å². The summed E-state index contributed by atoms with van der Waals surface area (Å²) in [6.45, 7) is 2.01. The van der Waals surface area contributed by atoms with Crippen molar-refractivity contribution in [3.8, 4) is 5.75 Å². The van der Waals surface area contributed by atoms with Crippen LogP contribution >= 0.6 is 15.9 Å². The monoisotopic (exact) mass is 280 g/mol. The first-order valence-corrected chi connectivity index (χ1v) is 5.96. The molecule has 1 N–H and O–H groups in total. The van der Waals surface area contributed by atoms with Gasteiger partial charge in [-0.1, -0.05) is 30.3 Å². The largest absolute Gasteiger partial charge is 0.490 e. The number of aliphatic hydroxyl groups is 1. The number of rotatable bonds is 3. The van der Waals surface area contributed by atoms with Crippen LogP contribution in [0, 0.1) is 0 Å². The minimum absolute atomic E-state index is 0.303. The van der Waals surface area contributed by atoms with Crippen LogP contribution in [-0.2, 0) is 0 Å². The van der Waals surface area contributed by atoms with Crippen LogP contribution in [0.1, 0.15) is 6.92 Å². The zero-order valence-corrected chi connectivity index (χ0v) is 10.6. The molecule has 0 saturated heterocycles. The Morgan fingerprint density at radius 1 is 1.25 bits per heavy atom. The van der Waals surface area contributed by atoms with Crippen LogP contribution in [-0.4, -0.2) is 17.8 Å². The normalized spacial score (nSPS) is 12.7. The number of hydrogen-bond donors (Lipinski definition) is 1. The van der Waals surface area contributed by atoms with Gasteiger partial charge in [-0.2, -0.15) is 0 Å². The van der Waals surface area contributed by atoms with E-state index >= 15 is 0 Å². The molecule has 2 rings (SSSR count). The van der Waals surface area contributed by atoms with Crippen molar-refractivity contribution >= 4 is 26.7 Å². The molecule has 0 aliphatic carbocycles. The Morgan fingerprint density at radius 3 is 2.75 bits per heavy atom. The Bertz CT molecular complexity index is 494. The number of aliphatic hydroxyl groups excluding tert-OH is 1. The highest BCUT2D eigenvalue weighted by atomic mass is 79.9. The lowest BCUT2D eigenvalue weighted by Crippen LogP contribution is -2.12. The van der Waals surface area contributed by atoms with Gasteiger partial charge in [0, 0.05) is 0 Å². The van der Waals surface area contributed by atoms with Crippen LogP contribution in [0.5, 0.6) is 5.75 Å². The number of ether oxygens (including phenoxy) is 1. The van der Waals surface area contributed by atoms with E-state index in [9.17, 15) is 5.11 Å². The van der Waals surface area contributed by atoms with Gasteiger partial charge in [0.1, 0.15) is 12.4 Å². The summed E-state index contributed by atoms with van der Waals surface area (Å²) in [4.78, 5) is 0. The van der Waals surface area contributed by atoms with Gasteiger partial charge in [0.15, 0.2) is 0 Å². The Kier molecular flexibility index (Phi) is 3.46. The van der Waals surface area contributed by atoms with Crippen LogP contribution in [0.4, 0.5) is 0 Å². The maximum Gasteiger partial charge on any atom is 0.134 e. The molecule has 0 saturated carbocycles. The number of fused-ring (bicyclic) bond motifs is 1. The zero-order chi connectivity index (χ0) is 11.5. The van der Waals surface area contributed by atoms with E-state index in [0.717, 1.165) is 15.6 Å². The minimum Gasteiger partial charge on any atom is -0.490 e. The van der Waals surface area contributed by atoms with E-state index in [2.05, 4.69) is 22.0 Å². The van der Waals surface area contributed by atoms with Gasteiger partial charge in [-0.05, 0) is 39.7 Å². The van der Waals surface area contributed by atoms with Crippen molar-refractivity contribution in [3.05, 3.63) is 40.9 Å². The molecule has 16 heavy (non-hydrogen) atoms. The molecule has 3 heteroatoms. The molecule has 0 heterocycles. The summed E-state index contributed by atoms with van der Waals surface area (Å²) in [5.74, 6) is 0.764. The molecule has 84 valence electrons. The fourth-order valence-electron chi connectivity index (χ4n) is 1.54. The van der Waals surface area contributed by atoms with Gasteiger partial charge in [0.2, 0.25) is 0 Å². The van der Waals surface area contributed by atoms with Gasteiger partial charge in [0.25, 0.3) is 0 Å². The first-order chi connectivity index (χ1) is 7.68. The predicted molar refractivity (Wildman–Crippen MR) is 68.8 cm³/mol. The van der Waals surface area contributed by atoms with Crippen molar-refractivity contribution in [2.45, 2.75) is 13.0 Å². The van der Waals surface area contributed by atoms with Gasteiger partial charge >= 0.3 is 0 Å². The highest BCUT2D eigenvalue weighted by Gasteiger charge is 2.06. The van der Waals surface area contributed by atoms with Crippen molar-refractivity contribution in [2.75, 3.05) is 6.61 Å². The van der Waals surface area contributed by atoms with E-state index < -0.39 is 6.10 Å². The van der Waals surface area contributed by atoms with Gasteiger partial charge in [0.05, 0.1) is 10.6 Å².